The second-order valence-electron chi connectivity index (χ2n) is 2.85. The van der Waals surface area contributed by atoms with Gasteiger partial charge in [0.1, 0.15) is 0 Å². The molecule has 1 rings (SSSR count). The predicted molar refractivity (Wildman–Crippen MR) is 53.9 cm³/mol. The average molecular weight is 224 g/mol. The summed E-state index contributed by atoms with van der Waals surface area (Å²) in [6.45, 7) is 3.35. The summed E-state index contributed by atoms with van der Waals surface area (Å²) < 4.78 is 9.59. The molecule has 0 bridgehead atoms. The van der Waals surface area contributed by atoms with E-state index < -0.39 is 11.9 Å². The summed E-state index contributed by atoms with van der Waals surface area (Å²) in [5.41, 5.74) is 0. The molecular weight excluding hydrogens is 212 g/mol. The number of hydrogen-bond acceptors (Lipinski definition) is 6. The van der Waals surface area contributed by atoms with Gasteiger partial charge in [0.05, 0.1) is 12.4 Å². The van der Waals surface area contributed by atoms with Gasteiger partial charge in [-0.15, -0.1) is 0 Å². The maximum atomic E-state index is 10.9. The topological polar surface area (TPSA) is 78.4 Å². The van der Waals surface area contributed by atoms with E-state index in [0.29, 0.717) is 0 Å². The van der Waals surface area contributed by atoms with Gasteiger partial charge in [0.2, 0.25) is 11.8 Å². The van der Waals surface area contributed by atoms with E-state index in [0.717, 1.165) is 0 Å². The zero-order chi connectivity index (χ0) is 12.0. The van der Waals surface area contributed by atoms with E-state index in [1.165, 1.54) is 12.4 Å². The second-order valence-corrected chi connectivity index (χ2v) is 2.85. The van der Waals surface area contributed by atoms with Gasteiger partial charge in [0.15, 0.2) is 0 Å². The lowest BCUT2D eigenvalue weighted by Crippen LogP contribution is -2.09. The molecule has 1 aromatic rings. The molecular formula is C10H12N2O4. The van der Waals surface area contributed by atoms with E-state index in [1.54, 1.807) is 13.8 Å². The second kappa shape index (κ2) is 5.79. The fraction of sp³-hybridized carbons (Fsp3) is 0.400. The Balaban J connectivity index is 2.60. The Bertz CT molecular complexity index is 338. The molecule has 0 aliphatic carbocycles. The fourth-order valence-electron chi connectivity index (χ4n) is 0.787. The third kappa shape index (κ3) is 3.64. The first-order chi connectivity index (χ1) is 7.65. The Hall–Kier alpha value is -1.98. The van der Waals surface area contributed by atoms with Gasteiger partial charge in [-0.25, -0.2) is 9.97 Å². The molecule has 6 nitrogen and oxygen atoms in total. The number of aromatic nitrogens is 2. The van der Waals surface area contributed by atoms with Crippen molar-refractivity contribution in [2.75, 3.05) is 0 Å². The van der Waals surface area contributed by atoms with Crippen molar-refractivity contribution in [2.45, 2.75) is 26.7 Å². The molecule has 0 N–H and O–H groups in total. The van der Waals surface area contributed by atoms with Crippen LogP contribution in [0.5, 0.6) is 11.8 Å². The molecule has 0 spiro atoms. The summed E-state index contributed by atoms with van der Waals surface area (Å²) in [7, 11) is 0. The molecule has 86 valence electrons. The third-order valence-corrected chi connectivity index (χ3v) is 1.62. The smallest absolute Gasteiger partial charge is 0.312 e. The van der Waals surface area contributed by atoms with Crippen LogP contribution in [0.15, 0.2) is 12.4 Å². The van der Waals surface area contributed by atoms with E-state index in [2.05, 4.69) is 9.97 Å². The quantitative estimate of drug-likeness (QED) is 0.713. The summed E-state index contributed by atoms with van der Waals surface area (Å²) in [6.07, 6.45) is 2.97. The van der Waals surface area contributed by atoms with Crippen molar-refractivity contribution in [1.29, 1.82) is 0 Å². The maximum Gasteiger partial charge on any atom is 0.312 e. The van der Waals surface area contributed by atoms with Crippen molar-refractivity contribution >= 4 is 11.9 Å². The molecule has 16 heavy (non-hydrogen) atoms. The van der Waals surface area contributed by atoms with E-state index in [4.69, 9.17) is 9.47 Å². The zero-order valence-corrected chi connectivity index (χ0v) is 9.10. The van der Waals surface area contributed by atoms with Crippen LogP contribution in [0, 0.1) is 0 Å². The van der Waals surface area contributed by atoms with Gasteiger partial charge in [-0.1, -0.05) is 13.8 Å². The molecule has 0 aromatic carbocycles. The first kappa shape index (κ1) is 12.1. The van der Waals surface area contributed by atoms with Crippen LogP contribution < -0.4 is 9.47 Å². The van der Waals surface area contributed by atoms with Crippen LogP contribution >= 0.6 is 0 Å². The SMILES string of the molecule is CCC(=O)Oc1cnc(OC(=O)CC)cn1. The lowest BCUT2D eigenvalue weighted by molar-refractivity contribution is -0.135. The van der Waals surface area contributed by atoms with Gasteiger partial charge >= 0.3 is 11.9 Å². The fourth-order valence-corrected chi connectivity index (χ4v) is 0.787. The van der Waals surface area contributed by atoms with Gasteiger partial charge in [0.25, 0.3) is 0 Å². The van der Waals surface area contributed by atoms with Gasteiger partial charge < -0.3 is 9.47 Å². The van der Waals surface area contributed by atoms with Gasteiger partial charge in [0, 0.05) is 12.8 Å². The molecule has 0 saturated carbocycles. The van der Waals surface area contributed by atoms with Crippen LogP contribution in [0.4, 0.5) is 0 Å². The van der Waals surface area contributed by atoms with Crippen LogP contribution in [0.2, 0.25) is 0 Å². The first-order valence-corrected chi connectivity index (χ1v) is 4.89. The molecule has 0 aliphatic heterocycles. The molecule has 0 atom stereocenters. The van der Waals surface area contributed by atoms with E-state index in [9.17, 15) is 9.59 Å². The molecule has 0 amide bonds. The molecule has 0 fully saturated rings. The van der Waals surface area contributed by atoms with Crippen molar-refractivity contribution in [1.82, 2.24) is 9.97 Å². The summed E-state index contributed by atoms with van der Waals surface area (Å²) >= 11 is 0. The maximum absolute atomic E-state index is 10.9. The number of ether oxygens (including phenoxy) is 2. The zero-order valence-electron chi connectivity index (χ0n) is 9.10. The first-order valence-electron chi connectivity index (χ1n) is 4.89. The average Bonchev–Trinajstić information content (AvgIpc) is 2.31. The summed E-state index contributed by atoms with van der Waals surface area (Å²) in [4.78, 5) is 29.4. The molecule has 1 heterocycles. The molecule has 0 radical (unpaired) electrons. The highest BCUT2D eigenvalue weighted by Crippen LogP contribution is 2.10. The number of esters is 2. The number of rotatable bonds is 4. The van der Waals surface area contributed by atoms with Crippen molar-refractivity contribution in [2.24, 2.45) is 0 Å². The van der Waals surface area contributed by atoms with Crippen LogP contribution in [-0.2, 0) is 9.59 Å². The van der Waals surface area contributed by atoms with Crippen molar-refractivity contribution in [3.05, 3.63) is 12.4 Å². The number of hydrogen-bond donors (Lipinski definition) is 0. The van der Waals surface area contributed by atoms with E-state index in [-0.39, 0.29) is 24.6 Å². The number of nitrogens with zero attached hydrogens (tertiary/aromatic N) is 2. The van der Waals surface area contributed by atoms with Crippen molar-refractivity contribution in [3.63, 3.8) is 0 Å². The molecule has 0 saturated heterocycles. The Labute approximate surface area is 92.6 Å². The van der Waals surface area contributed by atoms with Crippen LogP contribution in [0.25, 0.3) is 0 Å². The Morgan fingerprint density at radius 1 is 1.00 bits per heavy atom. The van der Waals surface area contributed by atoms with Gasteiger partial charge in [-0.05, 0) is 0 Å². The van der Waals surface area contributed by atoms with Crippen LogP contribution in [0.1, 0.15) is 26.7 Å². The van der Waals surface area contributed by atoms with Crippen LogP contribution in [-0.4, -0.2) is 21.9 Å². The Kier molecular flexibility index (Phi) is 4.38. The summed E-state index contributed by atoms with van der Waals surface area (Å²) in [5, 5.41) is 0. The van der Waals surface area contributed by atoms with Gasteiger partial charge in [-0.2, -0.15) is 0 Å². The molecule has 1 aromatic heterocycles. The third-order valence-electron chi connectivity index (χ3n) is 1.62. The number of carbonyl (C=O) groups is 2. The van der Waals surface area contributed by atoms with Crippen molar-refractivity contribution < 1.29 is 19.1 Å². The summed E-state index contributed by atoms with van der Waals surface area (Å²) in [6, 6.07) is 0. The normalized spacial score (nSPS) is 9.62. The highest BCUT2D eigenvalue weighted by atomic mass is 16.5. The minimum Gasteiger partial charge on any atom is -0.406 e. The lowest BCUT2D eigenvalue weighted by Gasteiger charge is -2.02. The minimum atomic E-state index is -0.396. The lowest BCUT2D eigenvalue weighted by atomic mass is 10.5. The Morgan fingerprint density at radius 2 is 1.38 bits per heavy atom. The highest BCUT2D eigenvalue weighted by Gasteiger charge is 2.06. The largest absolute Gasteiger partial charge is 0.406 e. The molecule has 0 unspecified atom stereocenters. The molecule has 6 heteroatoms. The predicted octanol–water partition coefficient (Wildman–Crippen LogP) is 1.11. The van der Waals surface area contributed by atoms with Gasteiger partial charge in [-0.3, -0.25) is 9.59 Å². The van der Waals surface area contributed by atoms with E-state index >= 15 is 0 Å². The van der Waals surface area contributed by atoms with Crippen molar-refractivity contribution in [3.8, 4) is 11.8 Å². The number of carbonyl (C=O) groups excluding carboxylic acids is 2. The van der Waals surface area contributed by atoms with E-state index in [1.807, 2.05) is 0 Å². The minimum absolute atomic E-state index is 0.0862. The van der Waals surface area contributed by atoms with Crippen LogP contribution in [0.3, 0.4) is 0 Å². The Morgan fingerprint density at radius 3 is 1.62 bits per heavy atom. The summed E-state index contributed by atoms with van der Waals surface area (Å²) in [5.74, 6) is -0.619. The monoisotopic (exact) mass is 224 g/mol. The standard InChI is InChI=1S/C10H12N2O4/c1-3-9(13)15-7-5-12-8(6-11-7)16-10(14)4-2/h5-6H,3-4H2,1-2H3. The highest BCUT2D eigenvalue weighted by molar-refractivity contribution is 5.72. The molecule has 0 aliphatic rings.